The molecule has 2 rings (SSSR count). The molecule has 112 valence electrons. The molecule has 0 atom stereocenters. The first-order chi connectivity index (χ1) is 9.63. The Balaban J connectivity index is 1.73. The van der Waals surface area contributed by atoms with E-state index in [0.29, 0.717) is 18.8 Å². The van der Waals surface area contributed by atoms with Crippen LogP contribution in [0.1, 0.15) is 37.9 Å². The average Bonchev–Trinajstić information content (AvgIpc) is 2.45. The van der Waals surface area contributed by atoms with E-state index in [1.165, 1.54) is 5.56 Å². The zero-order valence-corrected chi connectivity index (χ0v) is 12.9. The van der Waals surface area contributed by atoms with E-state index in [9.17, 15) is 0 Å². The first-order valence-electron chi connectivity index (χ1n) is 7.61. The van der Waals surface area contributed by atoms with Gasteiger partial charge in [-0.05, 0) is 31.5 Å². The van der Waals surface area contributed by atoms with Gasteiger partial charge in [-0.2, -0.15) is 0 Å². The van der Waals surface area contributed by atoms with Crippen molar-refractivity contribution in [3.8, 4) is 0 Å². The smallest absolute Gasteiger partial charge is 0.0891 e. The first kappa shape index (κ1) is 15.4. The van der Waals surface area contributed by atoms with E-state index in [-0.39, 0.29) is 0 Å². The van der Waals surface area contributed by atoms with E-state index in [0.717, 1.165) is 38.2 Å². The molecule has 4 nitrogen and oxygen atoms in total. The average molecular weight is 277 g/mol. The number of nitrogens with zero attached hydrogens (tertiary/aromatic N) is 2. The normalized spacial score (nSPS) is 17.8. The van der Waals surface area contributed by atoms with Crippen molar-refractivity contribution in [1.82, 2.24) is 15.2 Å². The van der Waals surface area contributed by atoms with Crippen LogP contribution in [-0.2, 0) is 17.9 Å². The van der Waals surface area contributed by atoms with Crippen molar-refractivity contribution < 1.29 is 4.74 Å². The number of rotatable bonds is 6. The summed E-state index contributed by atoms with van der Waals surface area (Å²) in [6, 6.07) is 4.71. The van der Waals surface area contributed by atoms with Gasteiger partial charge in [-0.1, -0.05) is 19.9 Å². The van der Waals surface area contributed by atoms with Crippen LogP contribution in [0, 0.1) is 0 Å². The summed E-state index contributed by atoms with van der Waals surface area (Å²) in [5.41, 5.74) is 2.25. The van der Waals surface area contributed by atoms with Gasteiger partial charge in [0.2, 0.25) is 0 Å². The van der Waals surface area contributed by atoms with Gasteiger partial charge in [0, 0.05) is 31.9 Å². The second-order valence-corrected chi connectivity index (χ2v) is 6.01. The maximum Gasteiger partial charge on any atom is 0.0891 e. The van der Waals surface area contributed by atoms with Gasteiger partial charge in [0.25, 0.3) is 0 Å². The number of hydrogen-bond donors (Lipinski definition) is 1. The third-order valence-electron chi connectivity index (χ3n) is 3.73. The Hall–Kier alpha value is -0.970. The summed E-state index contributed by atoms with van der Waals surface area (Å²) in [6.07, 6.45) is 4.61. The molecule has 1 aliphatic heterocycles. The van der Waals surface area contributed by atoms with Crippen molar-refractivity contribution in [2.45, 2.75) is 52.0 Å². The summed E-state index contributed by atoms with van der Waals surface area (Å²) in [5.74, 6) is 0. The van der Waals surface area contributed by atoms with Gasteiger partial charge in [0.1, 0.15) is 0 Å². The number of hydrogen-bond acceptors (Lipinski definition) is 4. The Kier molecular flexibility index (Phi) is 5.95. The second-order valence-electron chi connectivity index (χ2n) is 6.01. The Bertz CT molecular complexity index is 383. The molecule has 20 heavy (non-hydrogen) atoms. The molecule has 1 N–H and O–H groups in total. The highest BCUT2D eigenvalue weighted by Gasteiger charge is 2.16. The molecule has 0 radical (unpaired) electrons. The van der Waals surface area contributed by atoms with E-state index < -0.39 is 0 Å². The Morgan fingerprint density at radius 2 is 2.10 bits per heavy atom. The van der Waals surface area contributed by atoms with Gasteiger partial charge in [-0.25, -0.2) is 0 Å². The summed E-state index contributed by atoms with van der Waals surface area (Å²) in [4.78, 5) is 6.84. The minimum atomic E-state index is 0.398. The number of pyridine rings is 1. The van der Waals surface area contributed by atoms with Crippen molar-refractivity contribution in [1.29, 1.82) is 0 Å². The topological polar surface area (TPSA) is 37.4 Å². The first-order valence-corrected chi connectivity index (χ1v) is 7.61. The van der Waals surface area contributed by atoms with Gasteiger partial charge in [-0.3, -0.25) is 4.98 Å². The lowest BCUT2D eigenvalue weighted by atomic mass is 10.1. The fraction of sp³-hybridized carbons (Fsp3) is 0.688. The molecule has 0 aliphatic carbocycles. The summed E-state index contributed by atoms with van der Waals surface area (Å²) in [5, 5.41) is 3.39. The van der Waals surface area contributed by atoms with Crippen LogP contribution in [0.15, 0.2) is 18.3 Å². The van der Waals surface area contributed by atoms with E-state index in [1.54, 1.807) is 0 Å². The molecule has 1 aromatic rings. The highest BCUT2D eigenvalue weighted by molar-refractivity contribution is 5.13. The predicted molar refractivity (Wildman–Crippen MR) is 81.5 cm³/mol. The molecule has 0 unspecified atom stereocenters. The SMILES string of the molecule is CC(C)NCc1ccc(COC2CCN(C)CC2)nc1. The van der Waals surface area contributed by atoms with Crippen LogP contribution >= 0.6 is 0 Å². The minimum absolute atomic E-state index is 0.398. The van der Waals surface area contributed by atoms with Crippen molar-refractivity contribution in [3.05, 3.63) is 29.6 Å². The maximum atomic E-state index is 5.95. The van der Waals surface area contributed by atoms with Crippen molar-refractivity contribution in [3.63, 3.8) is 0 Å². The Morgan fingerprint density at radius 3 is 2.70 bits per heavy atom. The van der Waals surface area contributed by atoms with Crippen LogP contribution in [0.2, 0.25) is 0 Å². The van der Waals surface area contributed by atoms with Gasteiger partial charge >= 0.3 is 0 Å². The highest BCUT2D eigenvalue weighted by atomic mass is 16.5. The molecule has 0 amide bonds. The molecule has 1 saturated heterocycles. The monoisotopic (exact) mass is 277 g/mol. The third-order valence-corrected chi connectivity index (χ3v) is 3.73. The molecule has 1 fully saturated rings. The maximum absolute atomic E-state index is 5.95. The number of ether oxygens (including phenoxy) is 1. The fourth-order valence-electron chi connectivity index (χ4n) is 2.32. The minimum Gasteiger partial charge on any atom is -0.372 e. The quantitative estimate of drug-likeness (QED) is 0.865. The fourth-order valence-corrected chi connectivity index (χ4v) is 2.32. The lowest BCUT2D eigenvalue weighted by Gasteiger charge is -2.28. The summed E-state index contributed by atoms with van der Waals surface area (Å²) in [6.45, 7) is 8.08. The predicted octanol–water partition coefficient (Wildman–Crippen LogP) is 2.19. The third kappa shape index (κ3) is 5.19. The molecule has 0 saturated carbocycles. The van der Waals surface area contributed by atoms with Crippen LogP contribution in [0.3, 0.4) is 0 Å². The zero-order valence-electron chi connectivity index (χ0n) is 12.9. The molecule has 4 heteroatoms. The van der Waals surface area contributed by atoms with Crippen LogP contribution < -0.4 is 5.32 Å². The molecule has 0 spiro atoms. The Labute approximate surface area is 122 Å². The Morgan fingerprint density at radius 1 is 1.35 bits per heavy atom. The molecule has 2 heterocycles. The van der Waals surface area contributed by atoms with Crippen LogP contribution in [0.4, 0.5) is 0 Å². The molecule has 0 bridgehead atoms. The number of aromatic nitrogens is 1. The van der Waals surface area contributed by atoms with Crippen molar-refractivity contribution >= 4 is 0 Å². The standard InChI is InChI=1S/C16H27N3O/c1-13(2)17-10-14-4-5-15(18-11-14)12-20-16-6-8-19(3)9-7-16/h4-5,11,13,16-17H,6-10,12H2,1-3H3. The van der Waals surface area contributed by atoms with Gasteiger partial charge in [0.05, 0.1) is 18.4 Å². The molecular weight excluding hydrogens is 250 g/mol. The summed E-state index contributed by atoms with van der Waals surface area (Å²) < 4.78 is 5.95. The van der Waals surface area contributed by atoms with Gasteiger partial charge < -0.3 is 15.0 Å². The van der Waals surface area contributed by atoms with Gasteiger partial charge in [-0.15, -0.1) is 0 Å². The second kappa shape index (κ2) is 7.72. The van der Waals surface area contributed by atoms with E-state index in [1.807, 2.05) is 6.20 Å². The molecule has 0 aromatic carbocycles. The number of likely N-dealkylation sites (tertiary alicyclic amines) is 1. The zero-order chi connectivity index (χ0) is 14.4. The summed E-state index contributed by atoms with van der Waals surface area (Å²) in [7, 11) is 2.17. The van der Waals surface area contributed by atoms with Gasteiger partial charge in [0.15, 0.2) is 0 Å². The van der Waals surface area contributed by atoms with Crippen LogP contribution in [0.25, 0.3) is 0 Å². The van der Waals surface area contributed by atoms with Crippen molar-refractivity contribution in [2.24, 2.45) is 0 Å². The molecular formula is C16H27N3O. The lowest BCUT2D eigenvalue weighted by molar-refractivity contribution is 0.000748. The van der Waals surface area contributed by atoms with E-state index in [4.69, 9.17) is 4.74 Å². The van der Waals surface area contributed by atoms with Crippen LogP contribution in [0.5, 0.6) is 0 Å². The van der Waals surface area contributed by atoms with Crippen LogP contribution in [-0.4, -0.2) is 42.2 Å². The number of piperidine rings is 1. The summed E-state index contributed by atoms with van der Waals surface area (Å²) >= 11 is 0. The largest absolute Gasteiger partial charge is 0.372 e. The lowest BCUT2D eigenvalue weighted by Crippen LogP contribution is -2.34. The number of nitrogens with one attached hydrogen (secondary N) is 1. The molecule has 1 aromatic heterocycles. The van der Waals surface area contributed by atoms with E-state index >= 15 is 0 Å². The molecule has 1 aliphatic rings. The van der Waals surface area contributed by atoms with Crippen molar-refractivity contribution in [2.75, 3.05) is 20.1 Å². The highest BCUT2D eigenvalue weighted by Crippen LogP contribution is 2.14. The van der Waals surface area contributed by atoms with E-state index in [2.05, 4.69) is 48.2 Å².